The monoisotopic (exact) mass is 111 g/mol. The molecular weight excluding hydrogens is 105 g/mol. The minimum absolute atomic E-state index is 0.0116. The maximum absolute atomic E-state index is 8.72. The summed E-state index contributed by atoms with van der Waals surface area (Å²) in [7, 11) is 1.71. The number of aromatic hydroxyl groups is 1. The molecule has 0 aromatic carbocycles. The minimum atomic E-state index is -0.0116. The molecule has 1 heterocycles. The van der Waals surface area contributed by atoms with Gasteiger partial charge in [-0.25, -0.2) is 9.66 Å². The standard InChI is InChI=1S/C3H6BN3O/c4-3-6-1-2(8)7(3)5/h1,8H,4-5H2. The van der Waals surface area contributed by atoms with Gasteiger partial charge in [0.25, 0.3) is 0 Å². The molecule has 0 aliphatic carbocycles. The first-order valence-corrected chi connectivity index (χ1v) is 2.20. The van der Waals surface area contributed by atoms with Crippen LogP contribution in [0.5, 0.6) is 5.88 Å². The zero-order chi connectivity index (χ0) is 6.15. The molecule has 8 heavy (non-hydrogen) atoms. The number of nitrogens with two attached hydrogens (primary N) is 1. The third-order valence-electron chi connectivity index (χ3n) is 0.962. The van der Waals surface area contributed by atoms with Gasteiger partial charge in [0.15, 0.2) is 7.85 Å². The highest BCUT2D eigenvalue weighted by molar-refractivity contribution is 6.29. The second kappa shape index (κ2) is 1.43. The highest BCUT2D eigenvalue weighted by atomic mass is 16.3. The summed E-state index contributed by atoms with van der Waals surface area (Å²) in [6.07, 6.45) is 1.30. The first-order chi connectivity index (χ1) is 3.72. The maximum Gasteiger partial charge on any atom is 0.229 e. The summed E-state index contributed by atoms with van der Waals surface area (Å²) in [5.41, 5.74) is 0.600. The number of imidazole rings is 1. The van der Waals surface area contributed by atoms with Crippen LogP contribution >= 0.6 is 0 Å². The van der Waals surface area contributed by atoms with Crippen molar-refractivity contribution in [3.63, 3.8) is 0 Å². The van der Waals surface area contributed by atoms with Crippen molar-refractivity contribution in [3.8, 4) is 5.88 Å². The molecule has 3 N–H and O–H groups in total. The second-order valence-electron chi connectivity index (χ2n) is 1.53. The quantitative estimate of drug-likeness (QED) is 0.288. The van der Waals surface area contributed by atoms with E-state index in [9.17, 15) is 0 Å². The molecule has 0 fully saturated rings. The van der Waals surface area contributed by atoms with Gasteiger partial charge in [0.05, 0.1) is 11.9 Å². The van der Waals surface area contributed by atoms with E-state index in [-0.39, 0.29) is 5.88 Å². The number of rotatable bonds is 0. The summed E-state index contributed by atoms with van der Waals surface area (Å²) < 4.78 is 1.11. The molecule has 1 aromatic rings. The lowest BCUT2D eigenvalue weighted by Crippen LogP contribution is -2.25. The summed E-state index contributed by atoms with van der Waals surface area (Å²) in [4.78, 5) is 3.70. The molecule has 0 atom stereocenters. The van der Waals surface area contributed by atoms with Crippen LogP contribution in [0.1, 0.15) is 0 Å². The Hall–Kier alpha value is -1.13. The van der Waals surface area contributed by atoms with Gasteiger partial charge in [0, 0.05) is 0 Å². The third kappa shape index (κ3) is 0.519. The first-order valence-electron chi connectivity index (χ1n) is 2.20. The topological polar surface area (TPSA) is 64.1 Å². The summed E-state index contributed by atoms with van der Waals surface area (Å²) in [5, 5.41) is 8.72. The van der Waals surface area contributed by atoms with Gasteiger partial charge in [0.1, 0.15) is 0 Å². The van der Waals surface area contributed by atoms with Crippen molar-refractivity contribution in [1.82, 2.24) is 9.66 Å². The Balaban J connectivity index is 3.19. The van der Waals surface area contributed by atoms with E-state index in [1.54, 1.807) is 7.85 Å². The van der Waals surface area contributed by atoms with Crippen molar-refractivity contribution < 1.29 is 5.11 Å². The molecule has 0 aliphatic heterocycles. The van der Waals surface area contributed by atoms with E-state index in [0.717, 1.165) is 4.68 Å². The lowest BCUT2D eigenvalue weighted by atomic mass is 10.1. The van der Waals surface area contributed by atoms with Gasteiger partial charge in [-0.15, -0.1) is 0 Å². The van der Waals surface area contributed by atoms with E-state index in [2.05, 4.69) is 4.98 Å². The van der Waals surface area contributed by atoms with Gasteiger partial charge in [-0.1, -0.05) is 0 Å². The van der Waals surface area contributed by atoms with Crippen molar-refractivity contribution in [2.24, 2.45) is 0 Å². The summed E-state index contributed by atoms with van der Waals surface area (Å²) in [5.74, 6) is 5.19. The Morgan fingerprint density at radius 3 is 2.62 bits per heavy atom. The summed E-state index contributed by atoms with van der Waals surface area (Å²) in [6.45, 7) is 0. The fraction of sp³-hybridized carbons (Fsp3) is 0. The van der Waals surface area contributed by atoms with Crippen LogP contribution in [0.15, 0.2) is 6.20 Å². The number of hydrogen-bond acceptors (Lipinski definition) is 3. The van der Waals surface area contributed by atoms with Crippen LogP contribution in [0.2, 0.25) is 0 Å². The summed E-state index contributed by atoms with van der Waals surface area (Å²) in [6, 6.07) is 0. The fourth-order valence-electron chi connectivity index (χ4n) is 0.441. The van der Waals surface area contributed by atoms with Crippen molar-refractivity contribution in [2.75, 3.05) is 5.84 Å². The average molecular weight is 111 g/mol. The molecule has 42 valence electrons. The minimum Gasteiger partial charge on any atom is -0.492 e. The van der Waals surface area contributed by atoms with Gasteiger partial charge in [-0.05, 0) is 0 Å². The Morgan fingerprint density at radius 2 is 2.50 bits per heavy atom. The Labute approximate surface area is 47.3 Å². The Morgan fingerprint density at radius 1 is 1.88 bits per heavy atom. The first kappa shape index (κ1) is 5.02. The van der Waals surface area contributed by atoms with Crippen LogP contribution in [0.3, 0.4) is 0 Å². The van der Waals surface area contributed by atoms with Crippen LogP contribution in [-0.4, -0.2) is 22.6 Å². The molecule has 1 rings (SSSR count). The third-order valence-corrected chi connectivity index (χ3v) is 0.962. The van der Waals surface area contributed by atoms with Gasteiger partial charge in [0.2, 0.25) is 5.88 Å². The predicted molar refractivity (Wildman–Crippen MR) is 32.2 cm³/mol. The van der Waals surface area contributed by atoms with E-state index in [1.807, 2.05) is 0 Å². The Kier molecular flexibility index (Phi) is 0.899. The number of hydrogen-bond donors (Lipinski definition) is 2. The molecule has 4 nitrogen and oxygen atoms in total. The molecule has 1 aromatic heterocycles. The largest absolute Gasteiger partial charge is 0.492 e. The van der Waals surface area contributed by atoms with Crippen LogP contribution in [0, 0.1) is 0 Å². The molecule has 0 spiro atoms. The molecule has 0 amide bonds. The molecule has 5 heteroatoms. The van der Waals surface area contributed by atoms with E-state index in [0.29, 0.717) is 5.72 Å². The van der Waals surface area contributed by atoms with Crippen molar-refractivity contribution >= 4 is 13.6 Å². The van der Waals surface area contributed by atoms with Crippen molar-refractivity contribution in [3.05, 3.63) is 6.20 Å². The smallest absolute Gasteiger partial charge is 0.229 e. The van der Waals surface area contributed by atoms with E-state index < -0.39 is 0 Å². The van der Waals surface area contributed by atoms with Gasteiger partial charge in [-0.2, -0.15) is 0 Å². The molecule has 0 saturated heterocycles. The maximum atomic E-state index is 8.72. The number of aromatic nitrogens is 2. The van der Waals surface area contributed by atoms with Gasteiger partial charge in [-0.3, -0.25) is 0 Å². The van der Waals surface area contributed by atoms with Crippen LogP contribution in [0.25, 0.3) is 0 Å². The van der Waals surface area contributed by atoms with Crippen LogP contribution < -0.4 is 11.6 Å². The van der Waals surface area contributed by atoms with Crippen molar-refractivity contribution in [2.45, 2.75) is 0 Å². The van der Waals surface area contributed by atoms with E-state index >= 15 is 0 Å². The van der Waals surface area contributed by atoms with Crippen LogP contribution in [-0.2, 0) is 0 Å². The average Bonchev–Trinajstić information content (AvgIpc) is 1.98. The SMILES string of the molecule is Bc1ncc(O)n1N. The molecule has 0 saturated carbocycles. The normalized spacial score (nSPS) is 9.50. The predicted octanol–water partition coefficient (Wildman–Crippen LogP) is -2.44. The van der Waals surface area contributed by atoms with Gasteiger partial charge >= 0.3 is 0 Å². The second-order valence-corrected chi connectivity index (χ2v) is 1.53. The fourth-order valence-corrected chi connectivity index (χ4v) is 0.441. The molecular formula is C3H6BN3O. The molecule has 0 radical (unpaired) electrons. The van der Waals surface area contributed by atoms with Crippen LogP contribution in [0.4, 0.5) is 0 Å². The Bertz CT molecular complexity index is 177. The molecule has 0 unspecified atom stereocenters. The lowest BCUT2D eigenvalue weighted by Gasteiger charge is -1.93. The lowest BCUT2D eigenvalue weighted by molar-refractivity contribution is 0.439. The zero-order valence-electron chi connectivity index (χ0n) is 4.50. The van der Waals surface area contributed by atoms with Gasteiger partial charge < -0.3 is 10.9 Å². The number of nitrogens with zero attached hydrogens (tertiary/aromatic N) is 2. The van der Waals surface area contributed by atoms with E-state index in [4.69, 9.17) is 10.9 Å². The zero-order valence-corrected chi connectivity index (χ0v) is 4.50. The highest BCUT2D eigenvalue weighted by Gasteiger charge is 1.96. The molecule has 0 aliphatic rings. The van der Waals surface area contributed by atoms with Crippen molar-refractivity contribution in [1.29, 1.82) is 0 Å². The van der Waals surface area contributed by atoms with E-state index in [1.165, 1.54) is 6.20 Å². The highest BCUT2D eigenvalue weighted by Crippen LogP contribution is 1.96. The summed E-state index contributed by atoms with van der Waals surface area (Å²) >= 11 is 0. The number of nitrogen functional groups attached to an aromatic ring is 1. The molecule has 0 bridgehead atoms.